The molecule has 0 atom stereocenters. The van der Waals surface area contributed by atoms with Crippen LogP contribution in [0.4, 0.5) is 0 Å². The Morgan fingerprint density at radius 3 is 2.50 bits per heavy atom. The van der Waals surface area contributed by atoms with Crippen LogP contribution in [0, 0.1) is 26.7 Å². The zero-order chi connectivity index (χ0) is 20.2. The lowest BCUT2D eigenvalue weighted by atomic mass is 9.99. The van der Waals surface area contributed by atoms with Crippen LogP contribution in [0.5, 0.6) is 0 Å². The summed E-state index contributed by atoms with van der Waals surface area (Å²) in [5.41, 5.74) is 6.88. The summed E-state index contributed by atoms with van der Waals surface area (Å²) in [4.78, 5) is 9.17. The van der Waals surface area contributed by atoms with Crippen molar-refractivity contribution >= 4 is 22.1 Å². The SMILES string of the molecule is [2H]C([2H])(c1ccc2c(n1)oc1c(-c3cc(C)c(C)cn3)c(C)ccc12)C(C)C. The summed E-state index contributed by atoms with van der Waals surface area (Å²) in [6.07, 6.45) is 0.376. The average Bonchev–Trinajstić information content (AvgIpc) is 3.01. The number of furan rings is 1. The van der Waals surface area contributed by atoms with Crippen LogP contribution >= 0.6 is 0 Å². The number of aromatic nitrogens is 2. The quantitative estimate of drug-likeness (QED) is 0.445. The molecular formula is C23H24N2O. The van der Waals surface area contributed by atoms with Crippen molar-refractivity contribution in [3.8, 4) is 11.3 Å². The van der Waals surface area contributed by atoms with E-state index in [-0.39, 0.29) is 5.92 Å². The largest absolute Gasteiger partial charge is 0.437 e. The third-order valence-electron chi connectivity index (χ3n) is 4.78. The molecule has 0 saturated heterocycles. The molecule has 0 N–H and O–H groups in total. The van der Waals surface area contributed by atoms with Gasteiger partial charge < -0.3 is 4.42 Å². The van der Waals surface area contributed by atoms with Gasteiger partial charge in [-0.1, -0.05) is 26.0 Å². The Bertz CT molecular complexity index is 1210. The molecule has 4 rings (SSSR count). The topological polar surface area (TPSA) is 38.9 Å². The van der Waals surface area contributed by atoms with E-state index >= 15 is 0 Å². The van der Waals surface area contributed by atoms with Gasteiger partial charge in [-0.15, -0.1) is 0 Å². The lowest BCUT2D eigenvalue weighted by Crippen LogP contribution is -1.96. The van der Waals surface area contributed by atoms with Gasteiger partial charge in [-0.3, -0.25) is 4.98 Å². The van der Waals surface area contributed by atoms with E-state index in [1.54, 1.807) is 6.07 Å². The molecule has 3 heterocycles. The Balaban J connectivity index is 1.99. The van der Waals surface area contributed by atoms with E-state index in [4.69, 9.17) is 7.16 Å². The summed E-state index contributed by atoms with van der Waals surface area (Å²) in [5, 5.41) is 1.86. The Hall–Kier alpha value is -2.68. The number of benzene rings is 1. The first-order valence-corrected chi connectivity index (χ1v) is 8.97. The van der Waals surface area contributed by atoms with Gasteiger partial charge in [0, 0.05) is 31.0 Å². The second kappa shape index (κ2) is 6.24. The molecule has 4 aromatic rings. The third kappa shape index (κ3) is 2.78. The van der Waals surface area contributed by atoms with Gasteiger partial charge in [0.1, 0.15) is 5.58 Å². The molecule has 3 nitrogen and oxygen atoms in total. The highest BCUT2D eigenvalue weighted by molar-refractivity contribution is 6.09. The van der Waals surface area contributed by atoms with E-state index in [0.717, 1.165) is 38.7 Å². The second-order valence-electron chi connectivity index (χ2n) is 7.24. The van der Waals surface area contributed by atoms with Crippen LogP contribution in [0.15, 0.2) is 40.9 Å². The molecule has 3 aromatic heterocycles. The summed E-state index contributed by atoms with van der Waals surface area (Å²) in [7, 11) is 0. The summed E-state index contributed by atoms with van der Waals surface area (Å²) in [6.45, 7) is 9.90. The van der Waals surface area contributed by atoms with Crippen LogP contribution in [0.1, 0.15) is 39.0 Å². The van der Waals surface area contributed by atoms with Crippen molar-refractivity contribution in [3.63, 3.8) is 0 Å². The molecule has 0 radical (unpaired) electrons. The maximum atomic E-state index is 8.34. The molecule has 1 aromatic carbocycles. The molecule has 0 unspecified atom stereocenters. The zero-order valence-corrected chi connectivity index (χ0v) is 15.8. The molecule has 0 aliphatic rings. The standard InChI is InChI=1S/C23H24N2O/c1-13(2)10-17-7-9-19-18-8-6-14(3)21(22(18)26-23(19)25-17)20-11-15(4)16(5)12-24-20/h6-9,11-13H,10H2,1-5H3/i10D2. The Morgan fingerprint density at radius 2 is 1.77 bits per heavy atom. The molecule has 0 aliphatic carbocycles. The first-order valence-electron chi connectivity index (χ1n) is 9.97. The van der Waals surface area contributed by atoms with Crippen LogP contribution in [0.25, 0.3) is 33.3 Å². The minimum atomic E-state index is -1.51. The molecule has 0 amide bonds. The number of fused-ring (bicyclic) bond motifs is 3. The van der Waals surface area contributed by atoms with Gasteiger partial charge in [-0.05, 0) is 68.0 Å². The Kier molecular flexibility index (Phi) is 3.48. The lowest BCUT2D eigenvalue weighted by Gasteiger charge is -2.08. The molecule has 0 bridgehead atoms. The fourth-order valence-corrected chi connectivity index (χ4v) is 3.27. The highest BCUT2D eigenvalue weighted by Gasteiger charge is 2.17. The first kappa shape index (κ1) is 14.5. The molecule has 0 fully saturated rings. The van der Waals surface area contributed by atoms with Gasteiger partial charge in [0.15, 0.2) is 0 Å². The summed E-state index contributed by atoms with van der Waals surface area (Å²) < 4.78 is 22.9. The van der Waals surface area contributed by atoms with E-state index in [0.29, 0.717) is 11.4 Å². The van der Waals surface area contributed by atoms with E-state index in [2.05, 4.69) is 42.9 Å². The number of pyridine rings is 2. The van der Waals surface area contributed by atoms with E-state index in [1.165, 1.54) is 5.56 Å². The van der Waals surface area contributed by atoms with Crippen molar-refractivity contribution in [1.29, 1.82) is 0 Å². The number of hydrogen-bond acceptors (Lipinski definition) is 3. The summed E-state index contributed by atoms with van der Waals surface area (Å²) in [6, 6.07) is 9.88. The number of aryl methyl sites for hydroxylation is 3. The molecule has 3 heteroatoms. The van der Waals surface area contributed by atoms with Gasteiger partial charge in [0.25, 0.3) is 0 Å². The van der Waals surface area contributed by atoms with Gasteiger partial charge in [0.05, 0.1) is 5.69 Å². The van der Waals surface area contributed by atoms with Crippen LogP contribution in [-0.2, 0) is 6.37 Å². The van der Waals surface area contributed by atoms with E-state index in [9.17, 15) is 0 Å². The summed E-state index contributed by atoms with van der Waals surface area (Å²) >= 11 is 0. The smallest absolute Gasteiger partial charge is 0.227 e. The molecular weight excluding hydrogens is 320 g/mol. The minimum absolute atomic E-state index is 0.181. The third-order valence-corrected chi connectivity index (χ3v) is 4.78. The van der Waals surface area contributed by atoms with Crippen molar-refractivity contribution in [3.05, 3.63) is 58.9 Å². The molecule has 26 heavy (non-hydrogen) atoms. The first-order chi connectivity index (χ1) is 13.2. The predicted molar refractivity (Wildman–Crippen MR) is 107 cm³/mol. The number of rotatable bonds is 3. The van der Waals surface area contributed by atoms with Crippen LogP contribution in [0.3, 0.4) is 0 Å². The monoisotopic (exact) mass is 346 g/mol. The van der Waals surface area contributed by atoms with Crippen molar-refractivity contribution in [2.75, 3.05) is 0 Å². The Morgan fingerprint density at radius 1 is 1.00 bits per heavy atom. The van der Waals surface area contributed by atoms with Crippen molar-refractivity contribution in [1.82, 2.24) is 9.97 Å². The lowest BCUT2D eigenvalue weighted by molar-refractivity contribution is 0.621. The van der Waals surface area contributed by atoms with Gasteiger partial charge in [-0.25, -0.2) is 4.98 Å². The van der Waals surface area contributed by atoms with Gasteiger partial charge >= 0.3 is 0 Å². The van der Waals surface area contributed by atoms with Crippen molar-refractivity contribution in [2.24, 2.45) is 5.92 Å². The zero-order valence-electron chi connectivity index (χ0n) is 17.8. The fraction of sp³-hybridized carbons (Fsp3) is 0.304. The highest BCUT2D eigenvalue weighted by Crippen LogP contribution is 2.37. The van der Waals surface area contributed by atoms with E-state index < -0.39 is 6.37 Å². The highest BCUT2D eigenvalue weighted by atomic mass is 16.3. The number of hydrogen-bond donors (Lipinski definition) is 0. The predicted octanol–water partition coefficient (Wildman–Crippen LogP) is 6.17. The number of nitrogens with zero attached hydrogens (tertiary/aromatic N) is 2. The van der Waals surface area contributed by atoms with Crippen molar-refractivity contribution < 1.29 is 7.16 Å². The maximum Gasteiger partial charge on any atom is 0.227 e. The molecule has 0 spiro atoms. The average molecular weight is 346 g/mol. The normalized spacial score (nSPS) is 13.5. The Labute approximate surface area is 156 Å². The van der Waals surface area contributed by atoms with Gasteiger partial charge in [0.2, 0.25) is 5.71 Å². The summed E-state index contributed by atoms with van der Waals surface area (Å²) in [5.74, 6) is -0.181. The molecule has 0 saturated carbocycles. The fourth-order valence-electron chi connectivity index (χ4n) is 3.27. The minimum Gasteiger partial charge on any atom is -0.437 e. The van der Waals surface area contributed by atoms with E-state index in [1.807, 2.05) is 32.2 Å². The van der Waals surface area contributed by atoms with Gasteiger partial charge in [-0.2, -0.15) is 0 Å². The molecule has 0 aliphatic heterocycles. The van der Waals surface area contributed by atoms with Crippen LogP contribution in [-0.4, -0.2) is 9.97 Å². The second-order valence-corrected chi connectivity index (χ2v) is 7.24. The van der Waals surface area contributed by atoms with Crippen LogP contribution < -0.4 is 0 Å². The van der Waals surface area contributed by atoms with Crippen LogP contribution in [0.2, 0.25) is 0 Å². The van der Waals surface area contributed by atoms with Crippen molar-refractivity contribution in [2.45, 2.75) is 41.0 Å². The molecule has 132 valence electrons. The maximum absolute atomic E-state index is 8.34.